The summed E-state index contributed by atoms with van der Waals surface area (Å²) in [6.45, 7) is 10.0. The zero-order valence-corrected chi connectivity index (χ0v) is 18.1. The van der Waals surface area contributed by atoms with Crippen molar-refractivity contribution in [3.05, 3.63) is 39.8 Å². The number of aromatic nitrogens is 2. The zero-order valence-electron chi connectivity index (χ0n) is 17.3. The lowest BCUT2D eigenvalue weighted by molar-refractivity contribution is 0.0671. The molecule has 0 aliphatic carbocycles. The Morgan fingerprint density at radius 3 is 3.00 bits per heavy atom. The number of hydrogen-bond donors (Lipinski definition) is 3. The first-order valence-electron chi connectivity index (χ1n) is 9.92. The third kappa shape index (κ3) is 5.12. The van der Waals surface area contributed by atoms with Gasteiger partial charge in [0.05, 0.1) is 12.7 Å². The summed E-state index contributed by atoms with van der Waals surface area (Å²) in [5.41, 5.74) is 1.18. The Morgan fingerprint density at radius 1 is 1.46 bits per heavy atom. The largest absolute Gasteiger partial charge is 0.383 e. The van der Waals surface area contributed by atoms with Crippen LogP contribution in [0.5, 0.6) is 0 Å². The van der Waals surface area contributed by atoms with Crippen LogP contribution in [-0.4, -0.2) is 58.0 Å². The minimum atomic E-state index is -1.05. The number of thiophene rings is 1. The molecule has 0 fully saturated rings. The molecule has 3 heterocycles. The SMILES string of the molecule is CCNC(=NCC(C)(O)c1cnn(C)c1)NCC(C)N1CCc2sccc2C1. The Bertz CT molecular complexity index is 796. The number of hydrogen-bond acceptors (Lipinski definition) is 5. The minimum absolute atomic E-state index is 0.268. The van der Waals surface area contributed by atoms with Crippen LogP contribution in [0.3, 0.4) is 0 Å². The van der Waals surface area contributed by atoms with Gasteiger partial charge in [-0.15, -0.1) is 11.3 Å². The number of aryl methyl sites for hydroxylation is 1. The van der Waals surface area contributed by atoms with E-state index in [4.69, 9.17) is 0 Å². The Kier molecular flexibility index (Phi) is 6.74. The number of aliphatic imine (C=N–C) groups is 1. The van der Waals surface area contributed by atoms with Crippen molar-refractivity contribution in [1.29, 1.82) is 0 Å². The highest BCUT2D eigenvalue weighted by Crippen LogP contribution is 2.25. The van der Waals surface area contributed by atoms with Crippen molar-refractivity contribution in [3.8, 4) is 0 Å². The van der Waals surface area contributed by atoms with Crippen LogP contribution in [0.25, 0.3) is 0 Å². The topological polar surface area (TPSA) is 77.7 Å². The molecule has 1 aliphatic rings. The highest BCUT2D eigenvalue weighted by atomic mass is 32.1. The molecule has 3 N–H and O–H groups in total. The number of nitrogens with one attached hydrogen (secondary N) is 2. The first-order valence-corrected chi connectivity index (χ1v) is 10.8. The van der Waals surface area contributed by atoms with Gasteiger partial charge in [0.2, 0.25) is 0 Å². The summed E-state index contributed by atoms with van der Waals surface area (Å²) in [4.78, 5) is 8.65. The number of aliphatic hydroxyl groups is 1. The third-order valence-corrected chi connectivity index (χ3v) is 6.26. The first-order chi connectivity index (χ1) is 13.4. The van der Waals surface area contributed by atoms with Crippen LogP contribution < -0.4 is 10.6 Å². The van der Waals surface area contributed by atoms with Crippen LogP contribution in [0.4, 0.5) is 0 Å². The molecule has 2 atom stereocenters. The molecule has 0 amide bonds. The number of nitrogens with zero attached hydrogens (tertiary/aromatic N) is 4. The Labute approximate surface area is 171 Å². The van der Waals surface area contributed by atoms with Crippen molar-refractivity contribution in [2.24, 2.45) is 12.0 Å². The fraction of sp³-hybridized carbons (Fsp3) is 0.600. The standard InChI is InChI=1S/C20H32N6OS/c1-5-21-19(23-14-20(3,27)17-11-24-25(4)13-17)22-10-15(2)26-8-6-18-16(12-26)7-9-28-18/h7,9,11,13,15,27H,5-6,8,10,12,14H2,1-4H3,(H2,21,22,23). The number of rotatable bonds is 7. The van der Waals surface area contributed by atoms with Crippen molar-refractivity contribution in [3.63, 3.8) is 0 Å². The van der Waals surface area contributed by atoms with Gasteiger partial charge in [0.15, 0.2) is 5.96 Å². The summed E-state index contributed by atoms with van der Waals surface area (Å²) >= 11 is 1.87. The van der Waals surface area contributed by atoms with E-state index in [1.165, 1.54) is 10.4 Å². The van der Waals surface area contributed by atoms with Crippen molar-refractivity contribution >= 4 is 17.3 Å². The quantitative estimate of drug-likeness (QED) is 0.484. The fourth-order valence-electron chi connectivity index (χ4n) is 3.39. The molecule has 2 aromatic rings. The summed E-state index contributed by atoms with van der Waals surface area (Å²) in [7, 11) is 1.84. The van der Waals surface area contributed by atoms with Crippen molar-refractivity contribution in [2.75, 3.05) is 26.2 Å². The smallest absolute Gasteiger partial charge is 0.191 e. The fourth-order valence-corrected chi connectivity index (χ4v) is 4.28. The lowest BCUT2D eigenvalue weighted by Gasteiger charge is -2.33. The summed E-state index contributed by atoms with van der Waals surface area (Å²) in [6.07, 6.45) is 4.65. The maximum absolute atomic E-state index is 10.7. The van der Waals surface area contributed by atoms with Crippen LogP contribution in [-0.2, 0) is 25.6 Å². The predicted molar refractivity (Wildman–Crippen MR) is 115 cm³/mol. The highest BCUT2D eigenvalue weighted by molar-refractivity contribution is 7.10. The van der Waals surface area contributed by atoms with Gasteiger partial charge in [0, 0.05) is 55.9 Å². The van der Waals surface area contributed by atoms with E-state index in [2.05, 4.69) is 44.0 Å². The second-order valence-electron chi connectivity index (χ2n) is 7.69. The average molecular weight is 405 g/mol. The van der Waals surface area contributed by atoms with Gasteiger partial charge in [-0.3, -0.25) is 9.58 Å². The zero-order chi connectivity index (χ0) is 20.1. The van der Waals surface area contributed by atoms with E-state index < -0.39 is 5.60 Å². The van der Waals surface area contributed by atoms with E-state index in [0.717, 1.165) is 44.1 Å². The van der Waals surface area contributed by atoms with Gasteiger partial charge in [-0.2, -0.15) is 5.10 Å². The van der Waals surface area contributed by atoms with Gasteiger partial charge in [-0.1, -0.05) is 0 Å². The Balaban J connectivity index is 1.56. The molecule has 7 nitrogen and oxygen atoms in total. The Hall–Kier alpha value is -1.90. The second-order valence-corrected chi connectivity index (χ2v) is 8.69. The molecule has 28 heavy (non-hydrogen) atoms. The third-order valence-electron chi connectivity index (χ3n) is 5.24. The highest BCUT2D eigenvalue weighted by Gasteiger charge is 2.25. The number of fused-ring (bicyclic) bond motifs is 1. The summed E-state index contributed by atoms with van der Waals surface area (Å²) in [5, 5.41) is 23.8. The molecular weight excluding hydrogens is 372 g/mol. The van der Waals surface area contributed by atoms with Gasteiger partial charge in [-0.05, 0) is 44.2 Å². The molecule has 0 spiro atoms. The van der Waals surface area contributed by atoms with Gasteiger partial charge in [0.25, 0.3) is 0 Å². The molecule has 154 valence electrons. The molecule has 3 rings (SSSR count). The van der Waals surface area contributed by atoms with E-state index in [-0.39, 0.29) is 6.54 Å². The number of guanidine groups is 1. The molecule has 0 radical (unpaired) electrons. The van der Waals surface area contributed by atoms with E-state index in [0.29, 0.717) is 6.04 Å². The molecule has 0 aromatic carbocycles. The molecule has 0 saturated heterocycles. The summed E-state index contributed by atoms with van der Waals surface area (Å²) in [6, 6.07) is 2.65. The molecule has 1 aliphatic heterocycles. The van der Waals surface area contributed by atoms with Gasteiger partial charge >= 0.3 is 0 Å². The molecular formula is C20H32N6OS. The minimum Gasteiger partial charge on any atom is -0.383 e. The molecule has 8 heteroatoms. The van der Waals surface area contributed by atoms with Crippen LogP contribution in [0.2, 0.25) is 0 Å². The van der Waals surface area contributed by atoms with Gasteiger partial charge in [0.1, 0.15) is 5.60 Å². The van der Waals surface area contributed by atoms with E-state index in [9.17, 15) is 5.11 Å². The normalized spacial score (nSPS) is 18.4. The maximum atomic E-state index is 10.7. The monoisotopic (exact) mass is 404 g/mol. The predicted octanol–water partition coefficient (Wildman–Crippen LogP) is 1.69. The lowest BCUT2D eigenvalue weighted by Crippen LogP contribution is -2.47. The van der Waals surface area contributed by atoms with Gasteiger partial charge < -0.3 is 15.7 Å². The average Bonchev–Trinajstić information content (AvgIpc) is 3.32. The van der Waals surface area contributed by atoms with E-state index in [1.807, 2.05) is 31.5 Å². The molecule has 0 saturated carbocycles. The van der Waals surface area contributed by atoms with Crippen LogP contribution in [0, 0.1) is 0 Å². The van der Waals surface area contributed by atoms with Crippen molar-refractivity contribution < 1.29 is 5.11 Å². The van der Waals surface area contributed by atoms with E-state index >= 15 is 0 Å². The second kappa shape index (κ2) is 9.07. The Morgan fingerprint density at radius 2 is 2.29 bits per heavy atom. The molecule has 2 unspecified atom stereocenters. The van der Waals surface area contributed by atoms with Crippen LogP contribution in [0.1, 0.15) is 36.8 Å². The van der Waals surface area contributed by atoms with E-state index in [1.54, 1.807) is 17.8 Å². The van der Waals surface area contributed by atoms with Crippen molar-refractivity contribution in [2.45, 2.75) is 45.4 Å². The molecule has 0 bridgehead atoms. The summed E-state index contributed by atoms with van der Waals surface area (Å²) < 4.78 is 1.69. The first kappa shape index (κ1) is 20.8. The maximum Gasteiger partial charge on any atom is 0.191 e. The lowest BCUT2D eigenvalue weighted by atomic mass is 10.0. The van der Waals surface area contributed by atoms with Crippen LogP contribution in [0.15, 0.2) is 28.8 Å². The summed E-state index contributed by atoms with van der Waals surface area (Å²) in [5.74, 6) is 0.728. The molecule has 2 aromatic heterocycles. The van der Waals surface area contributed by atoms with Gasteiger partial charge in [-0.25, -0.2) is 4.99 Å². The van der Waals surface area contributed by atoms with Crippen molar-refractivity contribution in [1.82, 2.24) is 25.3 Å². The van der Waals surface area contributed by atoms with Crippen LogP contribution >= 0.6 is 11.3 Å².